The third-order valence-corrected chi connectivity index (χ3v) is 22.7. The molecule has 0 heterocycles. The van der Waals surface area contributed by atoms with Crippen LogP contribution >= 0.6 is 0 Å². The minimum absolute atomic E-state index is 1.17. The fourth-order valence-corrected chi connectivity index (χ4v) is 16.1. The van der Waals surface area contributed by atoms with Crippen LogP contribution in [-0.4, -0.2) is 28.2 Å². The highest BCUT2D eigenvalue weighted by molar-refractivity contribution is 6.02. The van der Waals surface area contributed by atoms with Crippen LogP contribution in [0.3, 0.4) is 0 Å². The number of hydrogen-bond acceptors (Lipinski definition) is 4. The van der Waals surface area contributed by atoms with E-state index in [4.69, 9.17) is 0 Å². The van der Waals surface area contributed by atoms with Gasteiger partial charge >= 0.3 is 0 Å². The Balaban J connectivity index is 0.000000114. The first-order chi connectivity index (χ1) is 59.2. The summed E-state index contributed by atoms with van der Waals surface area (Å²) in [6, 6.07) is 172. The van der Waals surface area contributed by atoms with E-state index in [2.05, 4.69) is 533 Å². The molecule has 0 atom stereocenters. The van der Waals surface area contributed by atoms with E-state index in [0.29, 0.717) is 0 Å². The molecule has 20 aromatic carbocycles. The standard InChI is InChI=1S/4C29H23N/c1-30(26-16-8-15-25(20-26)22-10-4-2-5-11-22)27-19-18-24-14-9-17-28(29(24)21-27)23-12-6-3-7-13-23;1-30(29-18-9-8-16-27(29)23-13-6-3-7-14-23)25-20-19-24-15-10-17-26(28(24)21-25)22-11-4-2-5-12-22;1-30(29-15-9-8-14-28(29)24-12-6-3-7-13-24)27-19-18-23-16-17-25(20-26(23)21-27)22-10-4-2-5-11-22;1-30(26-18-15-23(16-19-26)22-9-4-2-5-10-22)27-20-17-25-13-8-14-28(29(25)21-27)24-11-6-3-7-12-24/h4*2-21H,1H3. The molecule has 576 valence electrons. The molecule has 0 fully saturated rings. The maximum atomic E-state index is 2.30. The lowest BCUT2D eigenvalue weighted by atomic mass is 9.97. The Morgan fingerprint density at radius 1 is 0.125 bits per heavy atom. The first kappa shape index (κ1) is 77.2. The van der Waals surface area contributed by atoms with Crippen molar-refractivity contribution in [1.82, 2.24) is 0 Å². The van der Waals surface area contributed by atoms with Crippen molar-refractivity contribution < 1.29 is 0 Å². The van der Waals surface area contributed by atoms with Crippen molar-refractivity contribution in [2.75, 3.05) is 47.8 Å². The van der Waals surface area contributed by atoms with Crippen molar-refractivity contribution >= 4 is 88.6 Å². The van der Waals surface area contributed by atoms with Crippen LogP contribution in [0.25, 0.3) is 132 Å². The topological polar surface area (TPSA) is 13.0 Å². The van der Waals surface area contributed by atoms with Gasteiger partial charge in [0.25, 0.3) is 0 Å². The summed E-state index contributed by atoms with van der Waals surface area (Å²) in [5.41, 5.74) is 29.3. The SMILES string of the molecule is CN(c1ccc(-c2ccccc2)cc1)c1ccc2cccc(-c3ccccc3)c2c1.CN(c1ccc2ccc(-c3ccccc3)cc2c1)c1ccccc1-c1ccccc1.CN(c1ccc2cccc(-c3ccccc3)c2c1)c1ccccc1-c1ccccc1.CN(c1cccc(-c2ccccc2)c1)c1ccc2cccc(-c3ccccc3)c2c1. The summed E-state index contributed by atoms with van der Waals surface area (Å²) in [7, 11) is 8.55. The molecule has 0 aromatic heterocycles. The molecular weight excluding hydrogens is 1450 g/mol. The summed E-state index contributed by atoms with van der Waals surface area (Å²) >= 11 is 0. The van der Waals surface area contributed by atoms with Gasteiger partial charge in [0.2, 0.25) is 0 Å². The van der Waals surface area contributed by atoms with Crippen molar-refractivity contribution in [3.63, 3.8) is 0 Å². The normalized spacial score (nSPS) is 10.8. The summed E-state index contributed by atoms with van der Waals surface area (Å²) in [6.07, 6.45) is 0. The molecule has 0 saturated heterocycles. The second-order valence-electron chi connectivity index (χ2n) is 30.2. The van der Waals surface area contributed by atoms with Gasteiger partial charge in [-0.05, 0) is 212 Å². The Hall–Kier alpha value is -15.4. The molecule has 20 aromatic rings. The lowest BCUT2D eigenvalue weighted by Crippen LogP contribution is -2.10. The van der Waals surface area contributed by atoms with E-state index >= 15 is 0 Å². The maximum Gasteiger partial charge on any atom is 0.0487 e. The average molecular weight is 1540 g/mol. The predicted octanol–water partition coefficient (Wildman–Crippen LogP) is 31.8. The molecule has 0 aliphatic carbocycles. The number of nitrogens with zero attached hydrogens (tertiary/aromatic N) is 4. The van der Waals surface area contributed by atoms with Crippen molar-refractivity contribution in [2.45, 2.75) is 0 Å². The Morgan fingerprint density at radius 3 is 0.758 bits per heavy atom. The fourth-order valence-electron chi connectivity index (χ4n) is 16.1. The van der Waals surface area contributed by atoms with Crippen LogP contribution in [0.2, 0.25) is 0 Å². The third-order valence-electron chi connectivity index (χ3n) is 22.7. The fraction of sp³-hybridized carbons (Fsp3) is 0.0345. The van der Waals surface area contributed by atoms with E-state index in [1.165, 1.54) is 178 Å². The first-order valence-electron chi connectivity index (χ1n) is 41.1. The van der Waals surface area contributed by atoms with Gasteiger partial charge in [0.05, 0.1) is 0 Å². The molecule has 20 rings (SSSR count). The van der Waals surface area contributed by atoms with Crippen molar-refractivity contribution in [3.05, 3.63) is 485 Å². The van der Waals surface area contributed by atoms with Crippen LogP contribution in [0.4, 0.5) is 45.5 Å². The van der Waals surface area contributed by atoms with Gasteiger partial charge in [0.15, 0.2) is 0 Å². The Bertz CT molecular complexity index is 6810. The molecule has 0 bridgehead atoms. The second kappa shape index (κ2) is 36.6. The first-order valence-corrected chi connectivity index (χ1v) is 41.1. The molecule has 0 amide bonds. The summed E-state index contributed by atoms with van der Waals surface area (Å²) in [6.45, 7) is 0. The van der Waals surface area contributed by atoms with E-state index in [0.717, 1.165) is 0 Å². The number of rotatable bonds is 16. The smallest absolute Gasteiger partial charge is 0.0487 e. The average Bonchev–Trinajstić information content (AvgIpc) is 0.461. The second-order valence-corrected chi connectivity index (χ2v) is 30.2. The van der Waals surface area contributed by atoms with Crippen LogP contribution in [-0.2, 0) is 0 Å². The van der Waals surface area contributed by atoms with Gasteiger partial charge in [-0.15, -0.1) is 0 Å². The van der Waals surface area contributed by atoms with Gasteiger partial charge in [0, 0.05) is 84.8 Å². The maximum absolute atomic E-state index is 2.30. The van der Waals surface area contributed by atoms with E-state index in [-0.39, 0.29) is 0 Å². The van der Waals surface area contributed by atoms with E-state index in [9.17, 15) is 0 Å². The summed E-state index contributed by atoms with van der Waals surface area (Å²) in [4.78, 5) is 9.06. The van der Waals surface area contributed by atoms with Crippen LogP contribution in [0, 0.1) is 0 Å². The van der Waals surface area contributed by atoms with Gasteiger partial charge in [-0.25, -0.2) is 0 Å². The molecule has 0 aliphatic rings. The van der Waals surface area contributed by atoms with Crippen molar-refractivity contribution in [2.24, 2.45) is 0 Å². The minimum atomic E-state index is 1.17. The highest BCUT2D eigenvalue weighted by Crippen LogP contribution is 2.42. The van der Waals surface area contributed by atoms with Crippen LogP contribution in [0.1, 0.15) is 0 Å². The Labute approximate surface area is 706 Å². The van der Waals surface area contributed by atoms with E-state index in [1.54, 1.807) is 0 Å². The van der Waals surface area contributed by atoms with Gasteiger partial charge in [-0.2, -0.15) is 0 Å². The van der Waals surface area contributed by atoms with Gasteiger partial charge in [0.1, 0.15) is 0 Å². The van der Waals surface area contributed by atoms with E-state index < -0.39 is 0 Å². The van der Waals surface area contributed by atoms with Crippen molar-refractivity contribution in [3.8, 4) is 89.0 Å². The van der Waals surface area contributed by atoms with Crippen LogP contribution in [0.15, 0.2) is 485 Å². The lowest BCUT2D eigenvalue weighted by molar-refractivity contribution is 1.21. The van der Waals surface area contributed by atoms with Gasteiger partial charge in [-0.1, -0.05) is 394 Å². The monoisotopic (exact) mass is 1540 g/mol. The number of hydrogen-bond donors (Lipinski definition) is 0. The molecular formula is C116H92N4. The minimum Gasteiger partial charge on any atom is -0.345 e. The molecule has 0 aliphatic heterocycles. The largest absolute Gasteiger partial charge is 0.345 e. The molecule has 0 saturated carbocycles. The number of benzene rings is 20. The number of para-hydroxylation sites is 2. The molecule has 0 radical (unpaired) electrons. The molecule has 0 N–H and O–H groups in total. The van der Waals surface area contributed by atoms with Crippen molar-refractivity contribution in [1.29, 1.82) is 0 Å². The Morgan fingerprint density at radius 2 is 0.367 bits per heavy atom. The number of anilines is 8. The van der Waals surface area contributed by atoms with Gasteiger partial charge in [-0.3, -0.25) is 0 Å². The zero-order valence-corrected chi connectivity index (χ0v) is 68.0. The summed E-state index contributed by atoms with van der Waals surface area (Å²) in [5, 5.41) is 10.1. The Kier molecular flexibility index (Phi) is 23.6. The highest BCUT2D eigenvalue weighted by Gasteiger charge is 2.17. The summed E-state index contributed by atoms with van der Waals surface area (Å²) in [5.74, 6) is 0. The zero-order chi connectivity index (χ0) is 81.4. The van der Waals surface area contributed by atoms with E-state index in [1.807, 2.05) is 0 Å². The number of fused-ring (bicyclic) bond motifs is 4. The predicted molar refractivity (Wildman–Crippen MR) is 517 cm³/mol. The molecule has 0 unspecified atom stereocenters. The van der Waals surface area contributed by atoms with Crippen LogP contribution in [0.5, 0.6) is 0 Å². The summed E-state index contributed by atoms with van der Waals surface area (Å²) < 4.78 is 0. The third kappa shape index (κ3) is 17.6. The highest BCUT2D eigenvalue weighted by atomic mass is 15.1. The quantitative estimate of drug-likeness (QED) is 0.0956. The van der Waals surface area contributed by atoms with Gasteiger partial charge < -0.3 is 19.6 Å². The zero-order valence-electron chi connectivity index (χ0n) is 68.0. The van der Waals surface area contributed by atoms with Crippen LogP contribution < -0.4 is 19.6 Å². The molecule has 120 heavy (non-hydrogen) atoms. The molecule has 4 heteroatoms. The lowest BCUT2D eigenvalue weighted by Gasteiger charge is -2.23. The molecule has 0 spiro atoms. The molecule has 4 nitrogen and oxygen atoms in total.